The number of fused-ring (bicyclic) bond motifs is 1. The van der Waals surface area contributed by atoms with E-state index in [1.54, 1.807) is 42.5 Å². The van der Waals surface area contributed by atoms with Crippen LogP contribution in [0.5, 0.6) is 52.3 Å². The number of nitrogens with two attached hydrogens (primary N) is 4. The Labute approximate surface area is 800 Å². The first kappa shape index (κ1) is 94.2. The molecule has 12 aromatic rings. The molecule has 0 saturated carbocycles. The maximum Gasteiger partial charge on any atom is 0.347 e. The van der Waals surface area contributed by atoms with Crippen molar-refractivity contribution >= 4 is 186 Å². The Morgan fingerprint density at radius 1 is 0.353 bits per heavy atom. The van der Waals surface area contributed by atoms with Crippen LogP contribution >= 0.6 is 116 Å². The topological polar surface area (TPSA) is 512 Å². The van der Waals surface area contributed by atoms with Crippen LogP contribution in [-0.4, -0.2) is 94.9 Å². The number of anilines is 4. The van der Waals surface area contributed by atoms with Crippen LogP contribution in [0.4, 0.5) is 41.9 Å². The molecule has 0 aliphatic carbocycles. The lowest BCUT2D eigenvalue weighted by molar-refractivity contribution is 0.247. The summed E-state index contributed by atoms with van der Waals surface area (Å²) in [5.41, 5.74) is 31.0. The summed E-state index contributed by atoms with van der Waals surface area (Å²) in [5, 5.41) is 57.0. The SMILES string of the molecule is C=C1NC(=O)N(c2cc(Cl)c(Oc3cc(-c4ccc(Cl)c(C)c4)c(=O)[nH]n3)c(Cl)c2)N=C1N.C=C1NC(=O)N(c2cc(Cl)c(Oc3cc(-c4cccc(C)c4)c(=O)[nH]n3)c(Cl)c2)N=C1N.C=C1NC(=O)N(c2cc(Cl)c(Oc3n[nH]c(=O)cc3-c3ccc(Cl)c(C)c3)c(Cl)c2)N=C1N.C=C1NC(=O)N(c2cc(Cl)c(Oc3n[nH]c(=O)cc3-c3ccc4c(c3)CCCO4)c(Cl)c2)N=C1N. The van der Waals surface area contributed by atoms with Gasteiger partial charge in [-0.05, 0) is 157 Å². The van der Waals surface area contributed by atoms with Crippen LogP contribution < -0.4 is 110 Å². The highest BCUT2D eigenvalue weighted by Gasteiger charge is 2.32. The monoisotopic (exact) mass is 1990 g/mol. The first-order valence-electron chi connectivity index (χ1n) is 38.3. The van der Waals surface area contributed by atoms with Gasteiger partial charge in [-0.2, -0.15) is 20.0 Å². The summed E-state index contributed by atoms with van der Waals surface area (Å²) in [6, 6.07) is 38.2. The quantitative estimate of drug-likeness (QED) is 0.0427. The highest BCUT2D eigenvalue weighted by Crippen LogP contribution is 2.47. The van der Waals surface area contributed by atoms with Gasteiger partial charge in [-0.25, -0.2) is 39.6 Å². The van der Waals surface area contributed by atoms with Crippen LogP contribution in [0.3, 0.4) is 0 Å². The van der Waals surface area contributed by atoms with Crippen LogP contribution in [0.15, 0.2) is 240 Å². The Morgan fingerprint density at radius 2 is 0.677 bits per heavy atom. The number of aryl methyl sites for hydroxylation is 4. The third-order valence-corrected chi connectivity index (χ3v) is 22.3. The van der Waals surface area contributed by atoms with E-state index in [2.05, 4.69) is 109 Å². The molecule has 8 amide bonds. The summed E-state index contributed by atoms with van der Waals surface area (Å²) in [6.07, 6.45) is 1.77. The number of ether oxygens (including phenoxy) is 5. The minimum absolute atomic E-state index is 0.0301. The second-order valence-corrected chi connectivity index (χ2v) is 32.6. The van der Waals surface area contributed by atoms with E-state index in [-0.39, 0.29) is 161 Å². The Hall–Kier alpha value is -14.9. The molecule has 0 unspecified atom stereocenters. The van der Waals surface area contributed by atoms with Gasteiger partial charge in [0.15, 0.2) is 46.3 Å². The van der Waals surface area contributed by atoms with Crippen molar-refractivity contribution in [3.8, 4) is 96.8 Å². The number of aromatic nitrogens is 8. The van der Waals surface area contributed by atoms with Gasteiger partial charge in [0, 0.05) is 34.3 Å². The second kappa shape index (κ2) is 39.8. The number of aromatic amines is 4. The van der Waals surface area contributed by atoms with Crippen molar-refractivity contribution in [2.45, 2.75) is 33.6 Å². The number of H-pyrrole nitrogens is 4. The van der Waals surface area contributed by atoms with Gasteiger partial charge in [0.1, 0.15) is 5.75 Å². The lowest BCUT2D eigenvalue weighted by Gasteiger charge is -2.24. The van der Waals surface area contributed by atoms with E-state index < -0.39 is 40.8 Å². The molecule has 0 saturated heterocycles. The van der Waals surface area contributed by atoms with Gasteiger partial charge in [0.25, 0.3) is 22.2 Å². The third kappa shape index (κ3) is 21.4. The summed E-state index contributed by atoms with van der Waals surface area (Å²) < 4.78 is 29.0. The van der Waals surface area contributed by atoms with E-state index in [4.69, 9.17) is 163 Å². The molecule has 16 N–H and O–H groups in total. The molecule has 8 aromatic carbocycles. The van der Waals surface area contributed by atoms with Crippen LogP contribution in [-0.2, 0) is 6.42 Å². The second-order valence-electron chi connectivity index (χ2n) is 28.6. The Balaban J connectivity index is 0.000000143. The molecule has 133 heavy (non-hydrogen) atoms. The number of rotatable bonds is 16. The van der Waals surface area contributed by atoms with E-state index >= 15 is 0 Å². The molecule has 0 spiro atoms. The zero-order chi connectivity index (χ0) is 95.4. The van der Waals surface area contributed by atoms with Crippen LogP contribution in [0.2, 0.25) is 50.2 Å². The highest BCUT2D eigenvalue weighted by atomic mass is 35.5. The molecule has 676 valence electrons. The lowest BCUT2D eigenvalue weighted by atomic mass is 10.00. The Morgan fingerprint density at radius 3 is 1.02 bits per heavy atom. The molecule has 0 atom stereocenters. The average molecular weight is 2000 g/mol. The van der Waals surface area contributed by atoms with Gasteiger partial charge >= 0.3 is 24.1 Å². The molecule has 0 fully saturated rings. The van der Waals surface area contributed by atoms with Gasteiger partial charge in [-0.15, -0.1) is 40.8 Å². The van der Waals surface area contributed by atoms with E-state index in [0.717, 1.165) is 66.4 Å². The zero-order valence-corrected chi connectivity index (χ0v) is 76.2. The molecule has 5 aliphatic heterocycles. The maximum absolute atomic E-state index is 12.3. The summed E-state index contributed by atoms with van der Waals surface area (Å²) in [7, 11) is 0. The zero-order valence-electron chi connectivity index (χ0n) is 68.6. The molecule has 37 nitrogen and oxygen atoms in total. The Bertz CT molecular complexity index is 7240. The molecule has 0 radical (unpaired) electrons. The minimum atomic E-state index is -0.585. The number of urea groups is 4. The molecule has 5 aliphatic rings. The van der Waals surface area contributed by atoms with E-state index in [9.17, 15) is 38.4 Å². The molecule has 0 bridgehead atoms. The van der Waals surface area contributed by atoms with Crippen LogP contribution in [0.1, 0.15) is 28.7 Å². The van der Waals surface area contributed by atoms with Gasteiger partial charge in [0.05, 0.1) is 115 Å². The van der Waals surface area contributed by atoms with Gasteiger partial charge in [-0.3, -0.25) is 19.2 Å². The summed E-state index contributed by atoms with van der Waals surface area (Å²) in [5.74, 6) is 1.52. The number of carbonyl (C=O) groups is 4. The lowest BCUT2D eigenvalue weighted by Crippen LogP contribution is -2.45. The van der Waals surface area contributed by atoms with E-state index in [1.807, 2.05) is 57.2 Å². The number of carbonyl (C=O) groups excluding carboxylic acids is 4. The molecule has 17 rings (SSSR count). The highest BCUT2D eigenvalue weighted by molar-refractivity contribution is 6.40. The third-order valence-electron chi connectivity index (χ3n) is 19.2. The fraction of sp³-hybridized carbons (Fsp3) is 0.0698. The number of benzene rings is 8. The van der Waals surface area contributed by atoms with Crippen molar-refractivity contribution in [3.05, 3.63) is 315 Å². The van der Waals surface area contributed by atoms with Gasteiger partial charge < -0.3 is 67.9 Å². The summed E-state index contributed by atoms with van der Waals surface area (Å²) in [4.78, 5) is 97.6. The number of hydrogen-bond acceptors (Lipinski definition) is 25. The van der Waals surface area contributed by atoms with E-state index in [1.165, 1.54) is 72.8 Å². The summed E-state index contributed by atoms with van der Waals surface area (Å²) in [6.45, 7) is 20.6. The van der Waals surface area contributed by atoms with Crippen molar-refractivity contribution in [2.75, 3.05) is 26.6 Å². The standard InChI is InChI=1S/C23H18Cl2N6O4.2C21H15Cl3N6O3.C21H16Cl2N6O3/c1-11-21(26)30-31(23(33)27-11)14-8-16(24)20(17(25)9-14)35-22-15(10-19(32)28-29-22)12-4-5-18-13(7-12)3-2-6-34-18;1-9-5-11(3-4-14(9)22)13-8-17(27-28-20(13)31)33-18-15(23)6-12(7-16(18)24)30-21(32)26-10(2)19(25)29-30;1-9-5-11(3-4-14(9)22)13-8-17(31)27-28-20(13)33-18-15(23)6-12(7-16(18)24)30-21(32)26-10(2)19(25)29-30;1-10-4-3-5-12(6-10)14-9-17(26-27-20(14)30)32-18-15(22)7-13(8-16(18)23)29-21(31)25-11(2)19(24)28-29/h4-5,7-10H,1-3,6H2,(H2,26,30)(H,27,33)(H,28,32);3-8H,2H2,1H3,(H2,25,29)(H,26,32)(H,28,31);3-8H,2H2,1H3,(H2,25,29)(H,26,32)(H,27,31);3-9H,2H2,1H3,(H2,24,28)(H,25,31)(H,27,30). The number of nitrogens with zero attached hydrogens (tertiary/aromatic N) is 12. The maximum atomic E-state index is 12.3. The van der Waals surface area contributed by atoms with Crippen molar-refractivity contribution in [2.24, 2.45) is 43.3 Å². The molecule has 9 heterocycles. The fourth-order valence-electron chi connectivity index (χ4n) is 12.6. The predicted molar refractivity (Wildman–Crippen MR) is 512 cm³/mol. The predicted octanol–water partition coefficient (Wildman–Crippen LogP) is 18.0. The number of halogens is 10. The van der Waals surface area contributed by atoms with Crippen molar-refractivity contribution < 1.29 is 42.9 Å². The number of amidine groups is 4. The van der Waals surface area contributed by atoms with Crippen molar-refractivity contribution in [1.82, 2.24) is 62.1 Å². The summed E-state index contributed by atoms with van der Waals surface area (Å²) >= 11 is 63.4. The van der Waals surface area contributed by atoms with E-state index in [0.29, 0.717) is 55.6 Å². The fourth-order valence-corrected chi connectivity index (χ4v) is 15.1. The van der Waals surface area contributed by atoms with Crippen LogP contribution in [0.25, 0.3) is 44.5 Å². The molecular formula is C86H64Cl10N24O13. The van der Waals surface area contributed by atoms with Crippen molar-refractivity contribution in [3.63, 3.8) is 0 Å². The Kier molecular flexibility index (Phi) is 28.2. The van der Waals surface area contributed by atoms with Gasteiger partial charge in [0.2, 0.25) is 23.5 Å². The number of nitrogens with one attached hydrogen (secondary N) is 8. The first-order valence-corrected chi connectivity index (χ1v) is 42.1. The number of hydrazone groups is 4. The minimum Gasteiger partial charge on any atom is -0.493 e. The molecule has 47 heteroatoms. The van der Waals surface area contributed by atoms with Gasteiger partial charge in [-0.1, -0.05) is 190 Å². The largest absolute Gasteiger partial charge is 0.493 e. The van der Waals surface area contributed by atoms with Crippen LogP contribution in [0, 0.1) is 20.8 Å². The average Bonchev–Trinajstić information content (AvgIpc) is 0.809. The normalized spacial score (nSPS) is 14.0. The molecular weight excluding hydrogens is 1930 g/mol. The number of hydrogen-bond donors (Lipinski definition) is 12. The first-order chi connectivity index (χ1) is 63.3. The van der Waals surface area contributed by atoms with Crippen molar-refractivity contribution in [1.29, 1.82) is 0 Å². The number of amides is 8. The molecule has 4 aromatic heterocycles. The smallest absolute Gasteiger partial charge is 0.347 e.